The lowest BCUT2D eigenvalue weighted by Gasteiger charge is -2.38. The second kappa shape index (κ2) is 14.8. The van der Waals surface area contributed by atoms with Crippen LogP contribution in [0.1, 0.15) is 97.8 Å². The summed E-state index contributed by atoms with van der Waals surface area (Å²) >= 11 is 1.96. The summed E-state index contributed by atoms with van der Waals surface area (Å²) in [5.41, 5.74) is 3.54. The molecule has 0 radical (unpaired) electrons. The number of Topliss-reactive ketones (excluding diaryl/α,β-unsaturated/α-hetero) is 2. The Bertz CT molecular complexity index is 1240. The van der Waals surface area contributed by atoms with E-state index in [1.54, 1.807) is 0 Å². The van der Waals surface area contributed by atoms with Crippen LogP contribution in [0.2, 0.25) is 0 Å². The van der Waals surface area contributed by atoms with Crippen LogP contribution in [0.5, 0.6) is 0 Å². The smallest absolute Gasteiger partial charge is 0.220 e. The molecule has 226 valence electrons. The van der Waals surface area contributed by atoms with Crippen LogP contribution in [0, 0.1) is 36.4 Å². The predicted octanol–water partition coefficient (Wildman–Crippen LogP) is 7.08. The second-order valence-electron chi connectivity index (χ2n) is 12.7. The summed E-state index contributed by atoms with van der Waals surface area (Å²) in [6.07, 6.45) is 11.1. The van der Waals surface area contributed by atoms with Gasteiger partial charge in [-0.3, -0.25) is 19.4 Å². The number of ketones is 2. The van der Waals surface area contributed by atoms with Gasteiger partial charge in [-0.1, -0.05) is 29.8 Å². The zero-order chi connectivity index (χ0) is 29.5. The highest BCUT2D eigenvalue weighted by molar-refractivity contribution is 7.99. The number of hydrogen-bond acceptors (Lipinski definition) is 5. The standard InChI is InChI=1S/C35H45FN2O3S/c1-23-5-7-24(8-6-23)3-2-4-34(40)38-28-11-9-25(10-12-28)30-14-16-33(39)31-21-27(36)22-37-32(31)15-13-29(35(30)41)26-17-19-42-20-18-26/h5-8,21-22,25-26,28-30H,2-4,9-20H2,1H3,(H,38,40). The molecule has 0 spiro atoms. The van der Waals surface area contributed by atoms with Crippen molar-refractivity contribution < 1.29 is 18.8 Å². The monoisotopic (exact) mass is 592 g/mol. The number of benzene rings is 1. The largest absolute Gasteiger partial charge is 0.353 e. The fourth-order valence-corrected chi connectivity index (χ4v) is 8.55. The minimum atomic E-state index is -0.483. The van der Waals surface area contributed by atoms with E-state index in [0.717, 1.165) is 62.9 Å². The zero-order valence-electron chi connectivity index (χ0n) is 24.9. The van der Waals surface area contributed by atoms with Gasteiger partial charge in [-0.05, 0) is 113 Å². The fourth-order valence-electron chi connectivity index (χ4n) is 7.41. The van der Waals surface area contributed by atoms with Crippen molar-refractivity contribution >= 4 is 29.2 Å². The first-order valence-corrected chi connectivity index (χ1v) is 17.2. The maximum atomic E-state index is 14.3. The van der Waals surface area contributed by atoms with Crippen molar-refractivity contribution in [1.29, 1.82) is 0 Å². The highest BCUT2D eigenvalue weighted by atomic mass is 32.2. The Labute approximate surface area is 254 Å². The highest BCUT2D eigenvalue weighted by Crippen LogP contribution is 2.40. The lowest BCUT2D eigenvalue weighted by molar-refractivity contribution is -0.132. The van der Waals surface area contributed by atoms with E-state index >= 15 is 0 Å². The molecule has 2 unspecified atom stereocenters. The average Bonchev–Trinajstić information content (AvgIpc) is 3.00. The van der Waals surface area contributed by atoms with Crippen LogP contribution in [0.25, 0.3) is 0 Å². The van der Waals surface area contributed by atoms with Crippen LogP contribution >= 0.6 is 11.8 Å². The molecule has 1 aromatic heterocycles. The number of halogens is 1. The quantitative estimate of drug-likeness (QED) is 0.372. The normalized spacial score (nSPS) is 26.0. The van der Waals surface area contributed by atoms with Gasteiger partial charge in [0.25, 0.3) is 0 Å². The van der Waals surface area contributed by atoms with Crippen molar-refractivity contribution in [2.24, 2.45) is 23.7 Å². The van der Waals surface area contributed by atoms with Gasteiger partial charge in [0.15, 0.2) is 5.78 Å². The Hall–Kier alpha value is -2.54. The highest BCUT2D eigenvalue weighted by Gasteiger charge is 2.39. The molecule has 2 atom stereocenters. The van der Waals surface area contributed by atoms with Gasteiger partial charge < -0.3 is 5.32 Å². The Morgan fingerprint density at radius 2 is 1.60 bits per heavy atom. The van der Waals surface area contributed by atoms with Crippen LogP contribution in [0.15, 0.2) is 36.5 Å². The van der Waals surface area contributed by atoms with Crippen molar-refractivity contribution in [3.8, 4) is 0 Å². The molecular formula is C35H45FN2O3S. The number of fused-ring (bicyclic) bond motifs is 1. The molecule has 1 amide bonds. The Morgan fingerprint density at radius 1 is 0.929 bits per heavy atom. The molecule has 1 N–H and O–H groups in total. The molecule has 3 aliphatic rings. The van der Waals surface area contributed by atoms with Gasteiger partial charge in [-0.2, -0.15) is 11.8 Å². The third kappa shape index (κ3) is 8.09. The Kier molecular flexibility index (Phi) is 10.9. The van der Waals surface area contributed by atoms with Crippen LogP contribution in [0.3, 0.4) is 0 Å². The Balaban J connectivity index is 1.20. The molecule has 1 aliphatic heterocycles. The van der Waals surface area contributed by atoms with E-state index in [0.29, 0.717) is 48.6 Å². The molecule has 1 saturated carbocycles. The minimum Gasteiger partial charge on any atom is -0.353 e. The fraction of sp³-hybridized carbons (Fsp3) is 0.600. The number of pyridine rings is 1. The van der Waals surface area contributed by atoms with Gasteiger partial charge in [-0.25, -0.2) is 4.39 Å². The van der Waals surface area contributed by atoms with Gasteiger partial charge in [0.05, 0.1) is 11.9 Å². The molecule has 2 heterocycles. The number of carbonyl (C=O) groups excluding carboxylic acids is 3. The van der Waals surface area contributed by atoms with Gasteiger partial charge in [0, 0.05) is 36.3 Å². The number of nitrogens with one attached hydrogen (secondary N) is 1. The molecule has 1 saturated heterocycles. The van der Waals surface area contributed by atoms with E-state index < -0.39 is 5.82 Å². The number of hydrogen-bond donors (Lipinski definition) is 1. The van der Waals surface area contributed by atoms with E-state index in [1.165, 1.54) is 23.4 Å². The summed E-state index contributed by atoms with van der Waals surface area (Å²) in [5.74, 6) is 2.46. The Morgan fingerprint density at radius 3 is 2.31 bits per heavy atom. The number of carbonyl (C=O) groups is 3. The van der Waals surface area contributed by atoms with Crippen molar-refractivity contribution in [2.45, 2.75) is 96.4 Å². The van der Waals surface area contributed by atoms with Crippen LogP contribution in [-0.4, -0.2) is 40.0 Å². The first-order valence-electron chi connectivity index (χ1n) is 16.0. The number of aromatic nitrogens is 1. The predicted molar refractivity (Wildman–Crippen MR) is 166 cm³/mol. The molecule has 5 nitrogen and oxygen atoms in total. The summed E-state index contributed by atoms with van der Waals surface area (Å²) in [6.45, 7) is 2.08. The third-order valence-corrected chi connectivity index (χ3v) is 10.9. The summed E-state index contributed by atoms with van der Waals surface area (Å²) < 4.78 is 14.1. The van der Waals surface area contributed by atoms with E-state index in [4.69, 9.17) is 0 Å². The summed E-state index contributed by atoms with van der Waals surface area (Å²) in [4.78, 5) is 44.4. The average molecular weight is 593 g/mol. The number of thioether (sulfide) groups is 1. The first kappa shape index (κ1) is 30.9. The molecule has 42 heavy (non-hydrogen) atoms. The van der Waals surface area contributed by atoms with Crippen LogP contribution in [-0.2, 0) is 22.4 Å². The number of aryl methyl sites for hydroxylation is 3. The number of rotatable bonds is 7. The summed E-state index contributed by atoms with van der Waals surface area (Å²) in [5, 5.41) is 3.25. The van der Waals surface area contributed by atoms with Crippen molar-refractivity contribution in [1.82, 2.24) is 10.3 Å². The van der Waals surface area contributed by atoms with Crippen LogP contribution < -0.4 is 5.32 Å². The second-order valence-corrected chi connectivity index (χ2v) is 14.0. The number of nitrogens with zero attached hydrogens (tertiary/aromatic N) is 1. The van der Waals surface area contributed by atoms with Crippen molar-refractivity contribution in [3.63, 3.8) is 0 Å². The van der Waals surface area contributed by atoms with Crippen LogP contribution in [0.4, 0.5) is 4.39 Å². The van der Waals surface area contributed by atoms with Crippen molar-refractivity contribution in [3.05, 3.63) is 64.7 Å². The molecule has 7 heteroatoms. The van der Waals surface area contributed by atoms with E-state index in [1.807, 2.05) is 11.8 Å². The molecule has 1 aromatic carbocycles. The molecule has 2 aromatic rings. The maximum absolute atomic E-state index is 14.3. The summed E-state index contributed by atoms with van der Waals surface area (Å²) in [7, 11) is 0. The third-order valence-electron chi connectivity index (χ3n) is 9.87. The first-order chi connectivity index (χ1) is 20.4. The SMILES string of the molecule is Cc1ccc(CCCC(=O)NC2CCC(C3CCC(=O)c4cc(F)cnc4CCC(C4CCSCC4)C3=O)CC2)cc1. The van der Waals surface area contributed by atoms with E-state index in [9.17, 15) is 18.8 Å². The lowest BCUT2D eigenvalue weighted by Crippen LogP contribution is -2.41. The molecule has 0 bridgehead atoms. The van der Waals surface area contributed by atoms with Crippen molar-refractivity contribution in [2.75, 3.05) is 11.5 Å². The van der Waals surface area contributed by atoms with Gasteiger partial charge in [0.1, 0.15) is 11.6 Å². The maximum Gasteiger partial charge on any atom is 0.220 e. The number of amides is 1. The lowest BCUT2D eigenvalue weighted by atomic mass is 9.68. The zero-order valence-corrected chi connectivity index (χ0v) is 25.7. The van der Waals surface area contributed by atoms with Gasteiger partial charge in [-0.15, -0.1) is 0 Å². The van der Waals surface area contributed by atoms with Gasteiger partial charge in [0.2, 0.25) is 5.91 Å². The minimum absolute atomic E-state index is 0.0326. The molecule has 2 aliphatic carbocycles. The molecule has 5 rings (SSSR count). The van der Waals surface area contributed by atoms with E-state index in [2.05, 4.69) is 41.5 Å². The molecule has 2 fully saturated rings. The van der Waals surface area contributed by atoms with E-state index in [-0.39, 0.29) is 41.9 Å². The van der Waals surface area contributed by atoms with Gasteiger partial charge >= 0.3 is 0 Å². The summed E-state index contributed by atoms with van der Waals surface area (Å²) in [6, 6.07) is 9.98. The molecular weight excluding hydrogens is 547 g/mol. The topological polar surface area (TPSA) is 76.1 Å².